The van der Waals surface area contributed by atoms with Crippen LogP contribution < -0.4 is 5.73 Å². The van der Waals surface area contributed by atoms with E-state index >= 15 is 0 Å². The van der Waals surface area contributed by atoms with Crippen molar-refractivity contribution in [3.05, 3.63) is 0 Å². The molecule has 0 atom stereocenters. The number of carbonyl (C=O) groups is 1. The second kappa shape index (κ2) is 7.97. The van der Waals surface area contributed by atoms with Crippen LogP contribution in [0.3, 0.4) is 0 Å². The summed E-state index contributed by atoms with van der Waals surface area (Å²) in [5, 5.41) is 8.57. The topological polar surface area (TPSA) is 75.8 Å². The minimum Gasteiger partial charge on any atom is -0.480 e. The van der Waals surface area contributed by atoms with Crippen molar-refractivity contribution in [1.82, 2.24) is 4.90 Å². The normalized spacial score (nSPS) is 10.7. The number of hydrogen-bond acceptors (Lipinski definition) is 4. The Morgan fingerprint density at radius 1 is 1.54 bits per heavy atom. The van der Waals surface area contributed by atoms with Gasteiger partial charge in [0, 0.05) is 20.2 Å². The van der Waals surface area contributed by atoms with E-state index in [9.17, 15) is 4.79 Å². The van der Waals surface area contributed by atoms with E-state index in [2.05, 4.69) is 0 Å². The molecule has 13 heavy (non-hydrogen) atoms. The molecule has 0 aliphatic carbocycles. The Balaban J connectivity index is 3.66. The van der Waals surface area contributed by atoms with Gasteiger partial charge in [-0.15, -0.1) is 0 Å². The quantitative estimate of drug-likeness (QED) is 0.533. The van der Waals surface area contributed by atoms with Crippen LogP contribution in [0.5, 0.6) is 0 Å². The van der Waals surface area contributed by atoms with Crippen LogP contribution >= 0.6 is 0 Å². The summed E-state index contributed by atoms with van der Waals surface area (Å²) in [6, 6.07) is 0. The molecule has 0 aromatic rings. The predicted molar refractivity (Wildman–Crippen MR) is 49.6 cm³/mol. The lowest BCUT2D eigenvalue weighted by molar-refractivity contribution is -0.138. The Morgan fingerprint density at radius 2 is 2.23 bits per heavy atom. The Hall–Kier alpha value is -0.650. The Labute approximate surface area is 78.5 Å². The largest absolute Gasteiger partial charge is 0.480 e. The molecule has 0 amide bonds. The number of hydrogen-bond donors (Lipinski definition) is 2. The number of nitrogens with two attached hydrogens (primary N) is 1. The molecule has 0 aromatic carbocycles. The fraction of sp³-hybridized carbons (Fsp3) is 0.875. The van der Waals surface area contributed by atoms with E-state index in [1.807, 2.05) is 4.90 Å². The van der Waals surface area contributed by atoms with Gasteiger partial charge in [0.25, 0.3) is 0 Å². The van der Waals surface area contributed by atoms with Gasteiger partial charge >= 0.3 is 5.97 Å². The highest BCUT2D eigenvalue weighted by Crippen LogP contribution is 1.90. The first-order valence-corrected chi connectivity index (χ1v) is 4.34. The predicted octanol–water partition coefficient (Wildman–Crippen LogP) is -0.632. The van der Waals surface area contributed by atoms with Crippen LogP contribution in [-0.2, 0) is 9.53 Å². The number of rotatable bonds is 8. The number of methoxy groups -OCH3 is 1. The first kappa shape index (κ1) is 12.3. The second-order valence-electron chi connectivity index (χ2n) is 2.80. The van der Waals surface area contributed by atoms with Gasteiger partial charge in [0.2, 0.25) is 0 Å². The molecule has 0 rings (SSSR count). The lowest BCUT2D eigenvalue weighted by Crippen LogP contribution is -2.34. The standard InChI is InChI=1S/C8H18N2O3/c1-13-6-5-10(4-2-3-9)7-8(11)12/h2-7,9H2,1H3,(H,11,12). The fourth-order valence-corrected chi connectivity index (χ4v) is 0.996. The van der Waals surface area contributed by atoms with E-state index in [1.54, 1.807) is 7.11 Å². The molecule has 0 aromatic heterocycles. The SMILES string of the molecule is COCCN(CCCN)CC(=O)O. The minimum absolute atomic E-state index is 0.0589. The highest BCUT2D eigenvalue weighted by atomic mass is 16.5. The number of carboxylic acid groups (broad SMARTS) is 1. The molecule has 0 saturated heterocycles. The average Bonchev–Trinajstić information content (AvgIpc) is 2.09. The zero-order valence-electron chi connectivity index (χ0n) is 8.03. The van der Waals surface area contributed by atoms with Gasteiger partial charge in [0.15, 0.2) is 0 Å². The number of aliphatic carboxylic acids is 1. The summed E-state index contributed by atoms with van der Waals surface area (Å²) in [6.07, 6.45) is 0.816. The highest BCUT2D eigenvalue weighted by Gasteiger charge is 2.07. The molecule has 5 heteroatoms. The molecule has 0 bridgehead atoms. The Kier molecular flexibility index (Phi) is 7.57. The molecule has 0 unspecified atom stereocenters. The van der Waals surface area contributed by atoms with E-state index in [1.165, 1.54) is 0 Å². The third-order valence-electron chi connectivity index (χ3n) is 1.65. The van der Waals surface area contributed by atoms with E-state index in [4.69, 9.17) is 15.6 Å². The molecule has 0 saturated carbocycles. The van der Waals surface area contributed by atoms with Crippen molar-refractivity contribution in [2.24, 2.45) is 5.73 Å². The summed E-state index contributed by atoms with van der Waals surface area (Å²) in [6.45, 7) is 2.55. The van der Waals surface area contributed by atoms with Gasteiger partial charge < -0.3 is 15.6 Å². The molecule has 0 spiro atoms. The minimum atomic E-state index is -0.812. The summed E-state index contributed by atoms with van der Waals surface area (Å²) in [5.41, 5.74) is 5.33. The molecular weight excluding hydrogens is 172 g/mol. The Bertz CT molecular complexity index is 133. The van der Waals surface area contributed by atoms with E-state index in [0.29, 0.717) is 26.2 Å². The zero-order valence-corrected chi connectivity index (χ0v) is 8.03. The molecule has 0 fully saturated rings. The maximum atomic E-state index is 10.4. The maximum absolute atomic E-state index is 10.4. The van der Waals surface area contributed by atoms with Crippen molar-refractivity contribution in [2.45, 2.75) is 6.42 Å². The van der Waals surface area contributed by atoms with Gasteiger partial charge in [-0.2, -0.15) is 0 Å². The van der Waals surface area contributed by atoms with Gasteiger partial charge in [0.1, 0.15) is 0 Å². The molecule has 0 aliphatic heterocycles. The maximum Gasteiger partial charge on any atom is 0.317 e. The molecule has 78 valence electrons. The van der Waals surface area contributed by atoms with Gasteiger partial charge in [-0.05, 0) is 13.0 Å². The number of nitrogens with zero attached hydrogens (tertiary/aromatic N) is 1. The van der Waals surface area contributed by atoms with E-state index in [-0.39, 0.29) is 6.54 Å². The molecule has 3 N–H and O–H groups in total. The van der Waals surface area contributed by atoms with Crippen LogP contribution in [0.2, 0.25) is 0 Å². The van der Waals surface area contributed by atoms with Crippen molar-refractivity contribution in [3.63, 3.8) is 0 Å². The van der Waals surface area contributed by atoms with Crippen LogP contribution in [0, 0.1) is 0 Å². The van der Waals surface area contributed by atoms with Crippen molar-refractivity contribution >= 4 is 5.97 Å². The lowest BCUT2D eigenvalue weighted by atomic mass is 10.3. The summed E-state index contributed by atoms with van der Waals surface area (Å²) in [4.78, 5) is 12.2. The van der Waals surface area contributed by atoms with E-state index < -0.39 is 5.97 Å². The summed E-state index contributed by atoms with van der Waals surface area (Å²) >= 11 is 0. The van der Waals surface area contributed by atoms with Gasteiger partial charge in [-0.25, -0.2) is 0 Å². The smallest absolute Gasteiger partial charge is 0.317 e. The van der Waals surface area contributed by atoms with Crippen LogP contribution in [0.1, 0.15) is 6.42 Å². The zero-order chi connectivity index (χ0) is 10.1. The number of ether oxygens (including phenoxy) is 1. The molecule has 5 nitrogen and oxygen atoms in total. The molecule has 0 aliphatic rings. The van der Waals surface area contributed by atoms with Gasteiger partial charge in [-0.3, -0.25) is 9.69 Å². The highest BCUT2D eigenvalue weighted by molar-refractivity contribution is 5.69. The average molecular weight is 190 g/mol. The third kappa shape index (κ3) is 7.70. The molecule has 0 heterocycles. The van der Waals surface area contributed by atoms with Crippen LogP contribution in [0.15, 0.2) is 0 Å². The van der Waals surface area contributed by atoms with Crippen molar-refractivity contribution < 1.29 is 14.6 Å². The third-order valence-corrected chi connectivity index (χ3v) is 1.65. The second-order valence-corrected chi connectivity index (χ2v) is 2.80. The summed E-state index contributed by atoms with van der Waals surface area (Å²) in [7, 11) is 1.60. The molecular formula is C8H18N2O3. The summed E-state index contributed by atoms with van der Waals surface area (Å²) < 4.78 is 4.87. The lowest BCUT2D eigenvalue weighted by Gasteiger charge is -2.18. The van der Waals surface area contributed by atoms with Crippen molar-refractivity contribution in [3.8, 4) is 0 Å². The van der Waals surface area contributed by atoms with Gasteiger partial charge in [-0.1, -0.05) is 0 Å². The van der Waals surface area contributed by atoms with Crippen LogP contribution in [-0.4, -0.2) is 55.9 Å². The fourth-order valence-electron chi connectivity index (χ4n) is 0.996. The van der Waals surface area contributed by atoms with Gasteiger partial charge in [0.05, 0.1) is 13.2 Å². The van der Waals surface area contributed by atoms with E-state index in [0.717, 1.165) is 6.42 Å². The monoisotopic (exact) mass is 190 g/mol. The van der Waals surface area contributed by atoms with Crippen LogP contribution in [0.4, 0.5) is 0 Å². The number of carboxylic acids is 1. The first-order chi connectivity index (χ1) is 6.20. The van der Waals surface area contributed by atoms with Crippen molar-refractivity contribution in [1.29, 1.82) is 0 Å². The van der Waals surface area contributed by atoms with Crippen LogP contribution in [0.25, 0.3) is 0 Å². The Morgan fingerprint density at radius 3 is 2.69 bits per heavy atom. The first-order valence-electron chi connectivity index (χ1n) is 4.34. The summed E-state index contributed by atoms with van der Waals surface area (Å²) in [5.74, 6) is -0.812. The molecule has 0 radical (unpaired) electrons. The van der Waals surface area contributed by atoms with Crippen molar-refractivity contribution in [2.75, 3.05) is 39.9 Å².